The standard InChI is InChI=1S/C14H17N3OS/c1-10-6-7-19-13(10)14(18)16-9-11-4-5-12(15-8-11)17(2)3/h4-8H,9H2,1-3H3,(H,16,18). The fourth-order valence-corrected chi connectivity index (χ4v) is 2.50. The SMILES string of the molecule is Cc1ccsc1C(=O)NCc1ccc(N(C)C)nc1. The quantitative estimate of drug-likeness (QED) is 0.932. The van der Waals surface area contributed by atoms with Gasteiger partial charge in [0.25, 0.3) is 5.91 Å². The molecule has 0 aliphatic rings. The van der Waals surface area contributed by atoms with E-state index in [9.17, 15) is 4.79 Å². The number of nitrogens with one attached hydrogen (secondary N) is 1. The van der Waals surface area contributed by atoms with Gasteiger partial charge in [0.2, 0.25) is 0 Å². The zero-order valence-electron chi connectivity index (χ0n) is 11.3. The number of thiophene rings is 1. The summed E-state index contributed by atoms with van der Waals surface area (Å²) in [4.78, 5) is 19.0. The molecule has 0 aliphatic carbocycles. The lowest BCUT2D eigenvalue weighted by molar-refractivity contribution is 0.0954. The van der Waals surface area contributed by atoms with Crippen LogP contribution in [0.15, 0.2) is 29.8 Å². The lowest BCUT2D eigenvalue weighted by atomic mass is 10.2. The van der Waals surface area contributed by atoms with Crippen LogP contribution in [0.1, 0.15) is 20.8 Å². The van der Waals surface area contributed by atoms with Gasteiger partial charge in [-0.1, -0.05) is 6.07 Å². The maximum absolute atomic E-state index is 11.9. The molecule has 2 aromatic heterocycles. The van der Waals surface area contributed by atoms with E-state index < -0.39 is 0 Å². The summed E-state index contributed by atoms with van der Waals surface area (Å²) in [6.07, 6.45) is 1.79. The number of hydrogen-bond acceptors (Lipinski definition) is 4. The lowest BCUT2D eigenvalue weighted by Crippen LogP contribution is -2.22. The first-order chi connectivity index (χ1) is 9.08. The average Bonchev–Trinajstić information content (AvgIpc) is 2.83. The molecule has 0 atom stereocenters. The highest BCUT2D eigenvalue weighted by Crippen LogP contribution is 2.15. The number of amides is 1. The van der Waals surface area contributed by atoms with Crippen LogP contribution in [0.4, 0.5) is 5.82 Å². The number of aromatic nitrogens is 1. The molecule has 5 heteroatoms. The summed E-state index contributed by atoms with van der Waals surface area (Å²) in [5.74, 6) is 0.883. The highest BCUT2D eigenvalue weighted by Gasteiger charge is 2.09. The molecule has 0 bridgehead atoms. The number of rotatable bonds is 4. The number of carbonyl (C=O) groups is 1. The van der Waals surface area contributed by atoms with Crippen molar-refractivity contribution in [3.05, 3.63) is 45.8 Å². The first-order valence-electron chi connectivity index (χ1n) is 6.02. The number of carbonyl (C=O) groups excluding carboxylic acids is 1. The minimum Gasteiger partial charge on any atom is -0.363 e. The summed E-state index contributed by atoms with van der Waals surface area (Å²) >= 11 is 1.46. The molecule has 0 saturated heterocycles. The van der Waals surface area contributed by atoms with Crippen LogP contribution in [0, 0.1) is 6.92 Å². The Morgan fingerprint density at radius 1 is 1.37 bits per heavy atom. The van der Waals surface area contributed by atoms with Crippen molar-refractivity contribution in [2.45, 2.75) is 13.5 Å². The molecule has 0 aliphatic heterocycles. The van der Waals surface area contributed by atoms with Crippen LogP contribution in [0.3, 0.4) is 0 Å². The number of pyridine rings is 1. The fourth-order valence-electron chi connectivity index (χ4n) is 1.65. The van der Waals surface area contributed by atoms with Crippen LogP contribution in [0.5, 0.6) is 0 Å². The minimum atomic E-state index is -0.0239. The first-order valence-corrected chi connectivity index (χ1v) is 6.90. The topological polar surface area (TPSA) is 45.2 Å². The van der Waals surface area contributed by atoms with Gasteiger partial charge in [-0.05, 0) is 35.6 Å². The Labute approximate surface area is 117 Å². The summed E-state index contributed by atoms with van der Waals surface area (Å²) < 4.78 is 0. The summed E-state index contributed by atoms with van der Waals surface area (Å²) in [6, 6.07) is 5.87. The maximum Gasteiger partial charge on any atom is 0.261 e. The van der Waals surface area contributed by atoms with Gasteiger partial charge in [-0.2, -0.15) is 0 Å². The molecule has 0 saturated carbocycles. The van der Waals surface area contributed by atoms with E-state index in [1.165, 1.54) is 11.3 Å². The molecule has 1 N–H and O–H groups in total. The molecule has 100 valence electrons. The highest BCUT2D eigenvalue weighted by atomic mass is 32.1. The van der Waals surface area contributed by atoms with E-state index in [1.807, 2.05) is 49.5 Å². The van der Waals surface area contributed by atoms with E-state index in [0.717, 1.165) is 21.8 Å². The molecule has 19 heavy (non-hydrogen) atoms. The zero-order valence-corrected chi connectivity index (χ0v) is 12.1. The third-order valence-electron chi connectivity index (χ3n) is 2.79. The van der Waals surface area contributed by atoms with Gasteiger partial charge < -0.3 is 10.2 Å². The van der Waals surface area contributed by atoms with Gasteiger partial charge in [-0.3, -0.25) is 4.79 Å². The smallest absolute Gasteiger partial charge is 0.261 e. The van der Waals surface area contributed by atoms with Crippen molar-refractivity contribution in [3.63, 3.8) is 0 Å². The summed E-state index contributed by atoms with van der Waals surface area (Å²) in [7, 11) is 3.90. The van der Waals surface area contributed by atoms with Crippen molar-refractivity contribution in [2.24, 2.45) is 0 Å². The number of aryl methyl sites for hydroxylation is 1. The Morgan fingerprint density at radius 2 is 2.16 bits per heavy atom. The van der Waals surface area contributed by atoms with Crippen LogP contribution in [0.25, 0.3) is 0 Å². The van der Waals surface area contributed by atoms with Crippen LogP contribution < -0.4 is 10.2 Å². The summed E-state index contributed by atoms with van der Waals surface area (Å²) in [5, 5.41) is 4.84. The van der Waals surface area contributed by atoms with Gasteiger partial charge in [0.15, 0.2) is 0 Å². The van der Waals surface area contributed by atoms with E-state index in [2.05, 4.69) is 10.3 Å². The molecule has 0 unspecified atom stereocenters. The molecular weight excluding hydrogens is 258 g/mol. The Kier molecular flexibility index (Phi) is 4.16. The Bertz CT molecular complexity index is 560. The number of nitrogens with zero attached hydrogens (tertiary/aromatic N) is 2. The maximum atomic E-state index is 11.9. The normalized spacial score (nSPS) is 10.3. The van der Waals surface area contributed by atoms with Crippen molar-refractivity contribution in [1.29, 1.82) is 0 Å². The molecule has 2 aromatic rings. The van der Waals surface area contributed by atoms with Crippen LogP contribution in [0.2, 0.25) is 0 Å². The predicted octanol–water partition coefficient (Wildman–Crippen LogP) is 2.45. The molecular formula is C14H17N3OS. The van der Waals surface area contributed by atoms with E-state index in [1.54, 1.807) is 6.20 Å². The van der Waals surface area contributed by atoms with Gasteiger partial charge in [0.1, 0.15) is 5.82 Å². The van der Waals surface area contributed by atoms with E-state index in [-0.39, 0.29) is 5.91 Å². The second kappa shape index (κ2) is 5.84. The van der Waals surface area contributed by atoms with Crippen molar-refractivity contribution in [3.8, 4) is 0 Å². The van der Waals surface area contributed by atoms with Crippen molar-refractivity contribution >= 4 is 23.1 Å². The van der Waals surface area contributed by atoms with Crippen molar-refractivity contribution in [1.82, 2.24) is 10.3 Å². The van der Waals surface area contributed by atoms with Gasteiger partial charge >= 0.3 is 0 Å². The van der Waals surface area contributed by atoms with Crippen LogP contribution in [-0.2, 0) is 6.54 Å². The Morgan fingerprint density at radius 3 is 2.68 bits per heavy atom. The Hall–Kier alpha value is -1.88. The largest absolute Gasteiger partial charge is 0.363 e. The second-order valence-electron chi connectivity index (χ2n) is 4.53. The summed E-state index contributed by atoms with van der Waals surface area (Å²) in [6.45, 7) is 2.44. The second-order valence-corrected chi connectivity index (χ2v) is 5.45. The lowest BCUT2D eigenvalue weighted by Gasteiger charge is -2.11. The number of hydrogen-bond donors (Lipinski definition) is 1. The van der Waals surface area contributed by atoms with Crippen LogP contribution in [-0.4, -0.2) is 25.0 Å². The average molecular weight is 275 g/mol. The molecule has 2 rings (SSSR count). The zero-order chi connectivity index (χ0) is 13.8. The Balaban J connectivity index is 1.95. The van der Waals surface area contributed by atoms with Gasteiger partial charge in [0, 0.05) is 26.8 Å². The van der Waals surface area contributed by atoms with Gasteiger partial charge in [0.05, 0.1) is 4.88 Å². The van der Waals surface area contributed by atoms with E-state index in [0.29, 0.717) is 6.54 Å². The molecule has 1 amide bonds. The number of anilines is 1. The van der Waals surface area contributed by atoms with Crippen molar-refractivity contribution in [2.75, 3.05) is 19.0 Å². The third-order valence-corrected chi connectivity index (χ3v) is 3.80. The van der Waals surface area contributed by atoms with E-state index >= 15 is 0 Å². The fraction of sp³-hybridized carbons (Fsp3) is 0.286. The molecule has 2 heterocycles. The monoisotopic (exact) mass is 275 g/mol. The van der Waals surface area contributed by atoms with Gasteiger partial charge in [-0.25, -0.2) is 4.98 Å². The van der Waals surface area contributed by atoms with Crippen LogP contribution >= 0.6 is 11.3 Å². The molecule has 0 radical (unpaired) electrons. The molecule has 0 aromatic carbocycles. The molecule has 0 spiro atoms. The molecule has 0 fully saturated rings. The predicted molar refractivity (Wildman–Crippen MR) is 78.8 cm³/mol. The third kappa shape index (κ3) is 3.32. The van der Waals surface area contributed by atoms with Crippen molar-refractivity contribution < 1.29 is 4.79 Å². The van der Waals surface area contributed by atoms with E-state index in [4.69, 9.17) is 0 Å². The summed E-state index contributed by atoms with van der Waals surface area (Å²) in [5.41, 5.74) is 2.01. The highest BCUT2D eigenvalue weighted by molar-refractivity contribution is 7.12. The first kappa shape index (κ1) is 13.5. The molecule has 4 nitrogen and oxygen atoms in total. The van der Waals surface area contributed by atoms with Gasteiger partial charge in [-0.15, -0.1) is 11.3 Å². The minimum absolute atomic E-state index is 0.0239.